The van der Waals surface area contributed by atoms with Gasteiger partial charge in [-0.05, 0) is 12.1 Å². The van der Waals surface area contributed by atoms with Gasteiger partial charge >= 0.3 is 0 Å². The van der Waals surface area contributed by atoms with E-state index in [1.807, 2.05) is 6.07 Å². The van der Waals surface area contributed by atoms with Crippen LogP contribution < -0.4 is 0 Å². The highest BCUT2D eigenvalue weighted by molar-refractivity contribution is 7.15. The Kier molecular flexibility index (Phi) is 3.01. The molecule has 14 heavy (non-hydrogen) atoms. The molecule has 0 aliphatic carbocycles. The van der Waals surface area contributed by atoms with Crippen molar-refractivity contribution in [1.29, 1.82) is 0 Å². The van der Waals surface area contributed by atoms with Crippen LogP contribution in [0.3, 0.4) is 0 Å². The van der Waals surface area contributed by atoms with Gasteiger partial charge in [-0.25, -0.2) is 9.97 Å². The lowest BCUT2D eigenvalue weighted by molar-refractivity contribution is 1.30. The smallest absolute Gasteiger partial charge is 0.129 e. The van der Waals surface area contributed by atoms with Gasteiger partial charge in [0.05, 0.1) is 5.88 Å². The summed E-state index contributed by atoms with van der Waals surface area (Å²) in [6.45, 7) is 0. The Hall–Kier alpha value is -0.640. The van der Waals surface area contributed by atoms with Crippen molar-refractivity contribution in [3.63, 3.8) is 0 Å². The molecule has 0 atom stereocenters. The average molecular weight is 245 g/mol. The van der Waals surface area contributed by atoms with Crippen molar-refractivity contribution in [1.82, 2.24) is 9.97 Å². The van der Waals surface area contributed by atoms with Crippen LogP contribution in [0, 0.1) is 0 Å². The molecule has 0 aliphatic rings. The zero-order chi connectivity index (χ0) is 9.97. The number of pyridine rings is 1. The number of hydrogen-bond donors (Lipinski definition) is 0. The highest BCUT2D eigenvalue weighted by atomic mass is 35.5. The van der Waals surface area contributed by atoms with Gasteiger partial charge in [0.1, 0.15) is 10.2 Å². The molecule has 5 heteroatoms. The molecule has 0 saturated heterocycles. The third-order valence-electron chi connectivity index (χ3n) is 1.66. The summed E-state index contributed by atoms with van der Waals surface area (Å²) in [5.41, 5.74) is 0.968. The van der Waals surface area contributed by atoms with E-state index in [2.05, 4.69) is 9.97 Å². The normalized spacial score (nSPS) is 10.4. The number of aromatic nitrogens is 2. The largest absolute Gasteiger partial charge is 0.244 e. The lowest BCUT2D eigenvalue weighted by Crippen LogP contribution is -1.77. The van der Waals surface area contributed by atoms with E-state index in [-0.39, 0.29) is 0 Å². The second-order valence-electron chi connectivity index (χ2n) is 2.63. The molecule has 2 aromatic rings. The highest BCUT2D eigenvalue weighted by Gasteiger charge is 2.03. The molecular weight excluding hydrogens is 239 g/mol. The first-order valence-electron chi connectivity index (χ1n) is 3.92. The first-order chi connectivity index (χ1) is 6.79. The predicted molar refractivity (Wildman–Crippen MR) is 59.9 cm³/mol. The molecule has 0 N–H and O–H groups in total. The maximum atomic E-state index is 5.69. The minimum Gasteiger partial charge on any atom is -0.244 e. The zero-order valence-corrected chi connectivity index (χ0v) is 9.40. The van der Waals surface area contributed by atoms with Gasteiger partial charge in [-0.1, -0.05) is 11.6 Å². The average Bonchev–Trinajstić information content (AvgIpc) is 2.67. The molecule has 0 fully saturated rings. The van der Waals surface area contributed by atoms with Crippen LogP contribution in [0.15, 0.2) is 24.5 Å². The van der Waals surface area contributed by atoms with Crippen molar-refractivity contribution in [3.8, 4) is 10.6 Å². The monoisotopic (exact) mass is 244 g/mol. The summed E-state index contributed by atoms with van der Waals surface area (Å²) in [5, 5.41) is 1.41. The number of hydrogen-bond acceptors (Lipinski definition) is 3. The molecule has 0 bridgehead atoms. The van der Waals surface area contributed by atoms with Gasteiger partial charge in [0.25, 0.3) is 0 Å². The minimum absolute atomic E-state index is 0.489. The molecule has 0 aliphatic heterocycles. The molecule has 2 nitrogen and oxygen atoms in total. The summed E-state index contributed by atoms with van der Waals surface area (Å²) in [6, 6.07) is 3.64. The van der Waals surface area contributed by atoms with E-state index in [1.54, 1.807) is 29.8 Å². The first kappa shape index (κ1) is 9.90. The lowest BCUT2D eigenvalue weighted by atomic mass is 10.3. The lowest BCUT2D eigenvalue weighted by Gasteiger charge is -1.94. The molecule has 0 spiro atoms. The molecule has 72 valence electrons. The Balaban J connectivity index is 2.34. The van der Waals surface area contributed by atoms with Gasteiger partial charge in [0.15, 0.2) is 0 Å². The maximum absolute atomic E-state index is 5.69. The zero-order valence-electron chi connectivity index (χ0n) is 7.08. The van der Waals surface area contributed by atoms with Crippen LogP contribution in [0.5, 0.6) is 0 Å². The van der Waals surface area contributed by atoms with E-state index in [0.717, 1.165) is 15.4 Å². The van der Waals surface area contributed by atoms with Gasteiger partial charge in [-0.2, -0.15) is 0 Å². The molecule has 0 amide bonds. The van der Waals surface area contributed by atoms with E-state index in [1.165, 1.54) is 0 Å². The Morgan fingerprint density at radius 2 is 2.07 bits per heavy atom. The van der Waals surface area contributed by atoms with Crippen LogP contribution >= 0.6 is 34.5 Å². The molecule has 0 radical (unpaired) electrons. The van der Waals surface area contributed by atoms with Crippen LogP contribution in [0.2, 0.25) is 5.15 Å². The second-order valence-corrected chi connectivity index (χ2v) is 4.40. The van der Waals surface area contributed by atoms with Gasteiger partial charge < -0.3 is 0 Å². The quantitative estimate of drug-likeness (QED) is 0.596. The van der Waals surface area contributed by atoms with Crippen molar-refractivity contribution in [3.05, 3.63) is 34.6 Å². The predicted octanol–water partition coefficient (Wildman–Crippen LogP) is 3.60. The first-order valence-corrected chi connectivity index (χ1v) is 5.65. The van der Waals surface area contributed by atoms with E-state index in [4.69, 9.17) is 23.2 Å². The summed E-state index contributed by atoms with van der Waals surface area (Å²) in [7, 11) is 0. The van der Waals surface area contributed by atoms with Crippen molar-refractivity contribution in [2.75, 3.05) is 0 Å². The van der Waals surface area contributed by atoms with E-state index in [9.17, 15) is 0 Å². The Labute approximate surface area is 95.5 Å². The number of thiazole rings is 1. The second kappa shape index (κ2) is 4.26. The van der Waals surface area contributed by atoms with Gasteiger partial charge in [-0.15, -0.1) is 22.9 Å². The van der Waals surface area contributed by atoms with E-state index < -0.39 is 0 Å². The van der Waals surface area contributed by atoms with E-state index >= 15 is 0 Å². The van der Waals surface area contributed by atoms with Crippen molar-refractivity contribution in [2.45, 2.75) is 5.88 Å². The molecular formula is C9H6Cl2N2S. The van der Waals surface area contributed by atoms with Gasteiger partial charge in [0.2, 0.25) is 0 Å². The number of alkyl halides is 1. The molecule has 2 rings (SSSR count). The number of halogens is 2. The SMILES string of the molecule is ClCc1cnc(-c2ccc(Cl)nc2)s1. The summed E-state index contributed by atoms with van der Waals surface area (Å²) < 4.78 is 0. The van der Waals surface area contributed by atoms with Crippen LogP contribution in [0.25, 0.3) is 10.6 Å². The fraction of sp³-hybridized carbons (Fsp3) is 0.111. The van der Waals surface area contributed by atoms with E-state index in [0.29, 0.717) is 11.0 Å². The summed E-state index contributed by atoms with van der Waals surface area (Å²) in [5.74, 6) is 0.499. The van der Waals surface area contributed by atoms with Crippen molar-refractivity contribution in [2.24, 2.45) is 0 Å². The van der Waals surface area contributed by atoms with Gasteiger partial charge in [-0.3, -0.25) is 0 Å². The number of rotatable bonds is 2. The molecule has 0 saturated carbocycles. The summed E-state index contributed by atoms with van der Waals surface area (Å²) >= 11 is 12.9. The Bertz CT molecular complexity index is 425. The third kappa shape index (κ3) is 2.05. The van der Waals surface area contributed by atoms with Crippen LogP contribution in [0.4, 0.5) is 0 Å². The highest BCUT2D eigenvalue weighted by Crippen LogP contribution is 2.25. The maximum Gasteiger partial charge on any atom is 0.129 e. The molecule has 2 aromatic heterocycles. The van der Waals surface area contributed by atoms with Crippen LogP contribution in [-0.2, 0) is 5.88 Å². The Morgan fingerprint density at radius 1 is 1.21 bits per heavy atom. The minimum atomic E-state index is 0.489. The molecule has 2 heterocycles. The topological polar surface area (TPSA) is 25.8 Å². The molecule has 0 unspecified atom stereocenters. The number of nitrogens with zero attached hydrogens (tertiary/aromatic N) is 2. The van der Waals surface area contributed by atoms with Crippen molar-refractivity contribution < 1.29 is 0 Å². The third-order valence-corrected chi connectivity index (χ3v) is 3.38. The standard InChI is InChI=1S/C9H6Cl2N2S/c10-3-7-5-13-9(14-7)6-1-2-8(11)12-4-6/h1-2,4-5H,3H2. The Morgan fingerprint density at radius 3 is 2.64 bits per heavy atom. The summed E-state index contributed by atoms with van der Waals surface area (Å²) in [6.07, 6.45) is 3.49. The van der Waals surface area contributed by atoms with Crippen molar-refractivity contribution >= 4 is 34.5 Å². The molecule has 0 aromatic carbocycles. The van der Waals surface area contributed by atoms with Gasteiger partial charge in [0, 0.05) is 22.8 Å². The summed E-state index contributed by atoms with van der Waals surface area (Å²) in [4.78, 5) is 9.28. The van der Waals surface area contributed by atoms with Crippen LogP contribution in [-0.4, -0.2) is 9.97 Å². The fourth-order valence-corrected chi connectivity index (χ4v) is 2.10. The fourth-order valence-electron chi connectivity index (χ4n) is 1.01. The van der Waals surface area contributed by atoms with Crippen LogP contribution in [0.1, 0.15) is 4.88 Å².